The van der Waals surface area contributed by atoms with Gasteiger partial charge in [-0.15, -0.1) is 0 Å². The summed E-state index contributed by atoms with van der Waals surface area (Å²) in [4.78, 5) is 0. The molecule has 1 atom stereocenters. The first kappa shape index (κ1) is 21.9. The molecule has 38 heavy (non-hydrogen) atoms. The minimum absolute atomic E-state index is 0.417. The van der Waals surface area contributed by atoms with E-state index in [1.54, 1.807) is 0 Å². The average Bonchev–Trinajstić information content (AvgIpc) is 3.16. The lowest BCUT2D eigenvalue weighted by atomic mass is 9.66. The Hall–Kier alpha value is -4.13. The molecule has 1 spiro atoms. The zero-order valence-electron chi connectivity index (χ0n) is 20.9. The van der Waals surface area contributed by atoms with Gasteiger partial charge in [0.05, 0.1) is 5.41 Å². The van der Waals surface area contributed by atoms with Gasteiger partial charge >= 0.3 is 0 Å². The van der Waals surface area contributed by atoms with Crippen molar-refractivity contribution in [2.24, 2.45) is 0 Å². The Morgan fingerprint density at radius 3 is 2.08 bits per heavy atom. The van der Waals surface area contributed by atoms with Crippen LogP contribution in [0.3, 0.4) is 0 Å². The van der Waals surface area contributed by atoms with Gasteiger partial charge in [-0.1, -0.05) is 121 Å². The Morgan fingerprint density at radius 2 is 1.16 bits per heavy atom. The second-order valence-corrected chi connectivity index (χ2v) is 11.0. The quantitative estimate of drug-likeness (QED) is 0.209. The van der Waals surface area contributed by atoms with E-state index in [1.165, 1.54) is 66.4 Å². The van der Waals surface area contributed by atoms with Crippen molar-refractivity contribution in [2.75, 3.05) is 0 Å². The van der Waals surface area contributed by atoms with Gasteiger partial charge in [-0.2, -0.15) is 0 Å². The minimum atomic E-state index is -0.417. The molecular formula is C37H25Cl. The number of benzene rings is 6. The maximum atomic E-state index is 6.76. The number of aryl methyl sites for hydroxylation is 2. The molecule has 180 valence electrons. The van der Waals surface area contributed by atoms with Crippen LogP contribution in [0.15, 0.2) is 127 Å². The normalized spacial score (nSPS) is 17.0. The third-order valence-corrected chi connectivity index (χ3v) is 8.94. The van der Waals surface area contributed by atoms with E-state index in [-0.39, 0.29) is 0 Å². The van der Waals surface area contributed by atoms with Crippen LogP contribution in [-0.2, 0) is 18.3 Å². The van der Waals surface area contributed by atoms with E-state index >= 15 is 0 Å². The third-order valence-electron chi connectivity index (χ3n) is 8.71. The molecule has 0 aliphatic heterocycles. The number of fused-ring (bicyclic) bond motifs is 10. The summed E-state index contributed by atoms with van der Waals surface area (Å²) in [6, 6.07) is 47.0. The molecule has 1 heteroatoms. The lowest BCUT2D eigenvalue weighted by Gasteiger charge is -2.35. The van der Waals surface area contributed by atoms with Gasteiger partial charge in [0.15, 0.2) is 0 Å². The fourth-order valence-corrected chi connectivity index (χ4v) is 7.31. The van der Waals surface area contributed by atoms with Crippen molar-refractivity contribution < 1.29 is 0 Å². The zero-order chi connectivity index (χ0) is 25.3. The maximum Gasteiger partial charge on any atom is 0.0719 e. The van der Waals surface area contributed by atoms with Crippen LogP contribution in [0.1, 0.15) is 33.4 Å². The Morgan fingerprint density at radius 1 is 0.474 bits per heavy atom. The molecule has 6 aromatic rings. The molecule has 0 saturated carbocycles. The summed E-state index contributed by atoms with van der Waals surface area (Å²) >= 11 is 6.76. The minimum Gasteiger partial charge on any atom is -0.0843 e. The largest absolute Gasteiger partial charge is 0.0843 e. The fourth-order valence-electron chi connectivity index (χ4n) is 7.14. The molecule has 1 unspecified atom stereocenters. The number of rotatable bonds is 1. The number of hydrogen-bond donors (Lipinski definition) is 0. The Labute approximate surface area is 228 Å². The van der Waals surface area contributed by atoms with Gasteiger partial charge in [-0.05, 0) is 97.4 Å². The molecule has 0 heterocycles. The van der Waals surface area contributed by atoms with E-state index in [9.17, 15) is 0 Å². The number of hydrogen-bond acceptors (Lipinski definition) is 0. The Bertz CT molecular complexity index is 1890. The van der Waals surface area contributed by atoms with Crippen LogP contribution in [-0.4, -0.2) is 0 Å². The lowest BCUT2D eigenvalue weighted by molar-refractivity contribution is 0.762. The molecule has 0 bridgehead atoms. The van der Waals surface area contributed by atoms with Gasteiger partial charge in [-0.3, -0.25) is 0 Å². The van der Waals surface area contributed by atoms with Crippen molar-refractivity contribution in [3.05, 3.63) is 166 Å². The Balaban J connectivity index is 1.52. The van der Waals surface area contributed by atoms with E-state index in [0.29, 0.717) is 0 Å². The van der Waals surface area contributed by atoms with Crippen LogP contribution in [0.4, 0.5) is 0 Å². The second-order valence-electron chi connectivity index (χ2n) is 10.5. The van der Waals surface area contributed by atoms with Gasteiger partial charge in [0.1, 0.15) is 0 Å². The summed E-state index contributed by atoms with van der Waals surface area (Å²) in [5.41, 5.74) is 12.9. The second kappa shape index (κ2) is 8.18. The van der Waals surface area contributed by atoms with Crippen molar-refractivity contribution in [3.8, 4) is 22.3 Å². The van der Waals surface area contributed by atoms with Crippen LogP contribution in [0.2, 0.25) is 5.02 Å². The molecule has 6 aromatic carbocycles. The van der Waals surface area contributed by atoms with Crippen LogP contribution in [0.5, 0.6) is 0 Å². The summed E-state index contributed by atoms with van der Waals surface area (Å²) in [6.45, 7) is 0. The maximum absolute atomic E-state index is 6.76. The van der Waals surface area contributed by atoms with Gasteiger partial charge < -0.3 is 0 Å². The number of halogens is 1. The predicted octanol–water partition coefficient (Wildman–Crippen LogP) is 9.62. The first-order valence-corrected chi connectivity index (χ1v) is 13.7. The molecule has 0 aromatic heterocycles. The van der Waals surface area contributed by atoms with Gasteiger partial charge in [0.25, 0.3) is 0 Å². The van der Waals surface area contributed by atoms with Crippen molar-refractivity contribution in [1.82, 2.24) is 0 Å². The van der Waals surface area contributed by atoms with Crippen molar-refractivity contribution in [1.29, 1.82) is 0 Å². The van der Waals surface area contributed by atoms with E-state index in [0.717, 1.165) is 17.9 Å². The summed E-state index contributed by atoms with van der Waals surface area (Å²) in [5, 5.41) is 3.33. The van der Waals surface area contributed by atoms with E-state index in [1.807, 2.05) is 6.07 Å². The molecule has 0 amide bonds. The first-order valence-electron chi connectivity index (χ1n) is 13.3. The lowest BCUT2D eigenvalue weighted by Crippen LogP contribution is -2.30. The molecule has 0 fully saturated rings. The molecule has 0 radical (unpaired) electrons. The van der Waals surface area contributed by atoms with Gasteiger partial charge in [0.2, 0.25) is 0 Å². The molecule has 0 saturated heterocycles. The average molecular weight is 505 g/mol. The van der Waals surface area contributed by atoms with Crippen LogP contribution < -0.4 is 0 Å². The summed E-state index contributed by atoms with van der Waals surface area (Å²) in [6.07, 6.45) is 2.04. The predicted molar refractivity (Wildman–Crippen MR) is 159 cm³/mol. The van der Waals surface area contributed by atoms with Crippen molar-refractivity contribution >= 4 is 22.4 Å². The van der Waals surface area contributed by atoms with Gasteiger partial charge in [0, 0.05) is 5.02 Å². The van der Waals surface area contributed by atoms with Crippen LogP contribution in [0, 0.1) is 0 Å². The topological polar surface area (TPSA) is 0 Å². The van der Waals surface area contributed by atoms with Crippen LogP contribution in [0.25, 0.3) is 33.0 Å². The summed E-state index contributed by atoms with van der Waals surface area (Å²) in [5.74, 6) is 0. The Kier molecular flexibility index (Phi) is 4.72. The highest BCUT2D eigenvalue weighted by molar-refractivity contribution is 6.30. The highest BCUT2D eigenvalue weighted by Crippen LogP contribution is 2.59. The zero-order valence-corrected chi connectivity index (χ0v) is 21.7. The van der Waals surface area contributed by atoms with E-state index in [2.05, 4.69) is 121 Å². The highest BCUT2D eigenvalue weighted by atomic mass is 35.5. The molecular weight excluding hydrogens is 480 g/mol. The summed E-state index contributed by atoms with van der Waals surface area (Å²) in [7, 11) is 0. The SMILES string of the molecule is Clc1ccc2c(c1)C1(c3ccccc3CCc3ccc(-c4cccc5ccccc45)cc31)c1ccccc1-2. The van der Waals surface area contributed by atoms with E-state index < -0.39 is 5.41 Å². The van der Waals surface area contributed by atoms with Crippen LogP contribution >= 0.6 is 11.6 Å². The standard InChI is InChI=1S/C37H25Cl/c38-28-20-21-32-31-12-4-6-15-34(31)37(36(32)23-28)33-14-5-2-9-25(33)16-17-26-18-19-27(22-35(26)37)30-13-7-10-24-8-1-3-11-29(24)30/h1-15,18-23H,16-17H2. The van der Waals surface area contributed by atoms with Crippen molar-refractivity contribution in [2.45, 2.75) is 18.3 Å². The molecule has 0 nitrogen and oxygen atoms in total. The fraction of sp³-hybridized carbons (Fsp3) is 0.0811. The smallest absolute Gasteiger partial charge is 0.0719 e. The third kappa shape index (κ3) is 2.93. The van der Waals surface area contributed by atoms with Gasteiger partial charge in [-0.25, -0.2) is 0 Å². The molecule has 0 N–H and O–H groups in total. The molecule has 8 rings (SSSR count). The van der Waals surface area contributed by atoms with E-state index in [4.69, 9.17) is 11.6 Å². The monoisotopic (exact) mass is 504 g/mol. The van der Waals surface area contributed by atoms with Crippen molar-refractivity contribution in [3.63, 3.8) is 0 Å². The highest BCUT2D eigenvalue weighted by Gasteiger charge is 2.49. The summed E-state index contributed by atoms with van der Waals surface area (Å²) < 4.78 is 0. The first-order chi connectivity index (χ1) is 18.7. The molecule has 2 aliphatic rings. The molecule has 2 aliphatic carbocycles.